The Hall–Kier alpha value is -3.69. The second kappa shape index (κ2) is 11.0. The molecule has 0 aliphatic heterocycles. The van der Waals surface area contributed by atoms with Crippen molar-refractivity contribution in [3.05, 3.63) is 41.1 Å². The van der Waals surface area contributed by atoms with E-state index in [4.69, 9.17) is 9.37 Å². The maximum absolute atomic E-state index is 13.6. The molecule has 3 aromatic rings. The Kier molecular flexibility index (Phi) is 7.61. The minimum absolute atomic E-state index is 0.0150. The van der Waals surface area contributed by atoms with Gasteiger partial charge < -0.3 is 15.4 Å². The van der Waals surface area contributed by atoms with Crippen LogP contribution in [0.25, 0.3) is 5.65 Å². The zero-order chi connectivity index (χ0) is 31.4. The molecule has 0 saturated heterocycles. The van der Waals surface area contributed by atoms with Gasteiger partial charge in [0.15, 0.2) is 16.9 Å². The maximum Gasteiger partial charge on any atom is 0.416 e. The van der Waals surface area contributed by atoms with E-state index in [1.165, 1.54) is 10.7 Å². The summed E-state index contributed by atoms with van der Waals surface area (Å²) in [7, 11) is 0. The van der Waals surface area contributed by atoms with Gasteiger partial charge in [-0.05, 0) is 68.2 Å². The SMILES string of the molecule is CC(C)(OC[C@H](NC(=O)c1nonc1C1CC1)c1cn2ncc([C@H](NC(=O)CC3CC(F)(F)C3)C3CC3)cc2n1)C(F)(F)F. The zero-order valence-electron chi connectivity index (χ0n) is 24.0. The predicted octanol–water partition coefficient (Wildman–Crippen LogP) is 4.82. The predicted molar refractivity (Wildman–Crippen MR) is 141 cm³/mol. The van der Waals surface area contributed by atoms with E-state index in [1.807, 2.05) is 0 Å². The average Bonchev–Trinajstić information content (AvgIpc) is 3.86. The molecular formula is C28H32F5N7O4. The normalized spacial score (nSPS) is 20.2. The van der Waals surface area contributed by atoms with Gasteiger partial charge in [-0.25, -0.2) is 22.9 Å². The van der Waals surface area contributed by atoms with Crippen LogP contribution < -0.4 is 10.6 Å². The fourth-order valence-electron chi connectivity index (χ4n) is 5.35. The Morgan fingerprint density at radius 3 is 2.50 bits per heavy atom. The van der Waals surface area contributed by atoms with Crippen LogP contribution >= 0.6 is 0 Å². The smallest absolute Gasteiger partial charge is 0.364 e. The molecule has 2 N–H and O–H groups in total. The summed E-state index contributed by atoms with van der Waals surface area (Å²) in [4.78, 5) is 30.4. The summed E-state index contributed by atoms with van der Waals surface area (Å²) in [6.45, 7) is 1.21. The Morgan fingerprint density at radius 1 is 1.14 bits per heavy atom. The molecule has 3 aliphatic carbocycles. The number of carbonyl (C=O) groups excluding carboxylic acids is 2. The molecule has 3 saturated carbocycles. The van der Waals surface area contributed by atoms with Crippen molar-refractivity contribution >= 4 is 17.5 Å². The highest BCUT2D eigenvalue weighted by Gasteiger charge is 2.49. The molecule has 3 aliphatic rings. The van der Waals surface area contributed by atoms with E-state index in [2.05, 4.69) is 31.0 Å². The maximum atomic E-state index is 13.6. The molecule has 0 aromatic carbocycles. The standard InChI is InChI=1S/C28H32F5N7O4/c1-26(2,28(31,32)33)43-13-19(36-25(42)24-23(16-5-6-16)38-44-39-24)18-12-40-20(35-18)8-17(11-34-40)22(15-3-4-15)37-21(41)7-14-9-27(29,30)10-14/h8,11-12,14-16,19,22H,3-7,9-10,13H2,1-2H3,(H,36,42)(H,37,41)/t19-,22+/m0/s1. The summed E-state index contributed by atoms with van der Waals surface area (Å²) in [5.41, 5.74) is -1.01. The molecule has 0 bridgehead atoms. The molecule has 0 radical (unpaired) electrons. The van der Waals surface area contributed by atoms with Crippen LogP contribution in [0.4, 0.5) is 22.0 Å². The van der Waals surface area contributed by atoms with E-state index < -0.39 is 42.3 Å². The van der Waals surface area contributed by atoms with Crippen LogP contribution in [0.15, 0.2) is 23.1 Å². The lowest BCUT2D eigenvalue weighted by atomic mass is 9.79. The second-order valence-electron chi connectivity index (χ2n) is 12.6. The van der Waals surface area contributed by atoms with Gasteiger partial charge in [-0.2, -0.15) is 18.3 Å². The van der Waals surface area contributed by atoms with Gasteiger partial charge in [-0.3, -0.25) is 9.59 Å². The third-order valence-electron chi connectivity index (χ3n) is 8.43. The van der Waals surface area contributed by atoms with Crippen molar-refractivity contribution in [1.29, 1.82) is 0 Å². The van der Waals surface area contributed by atoms with Crippen LogP contribution in [0.3, 0.4) is 0 Å². The van der Waals surface area contributed by atoms with Gasteiger partial charge in [0.1, 0.15) is 5.69 Å². The first-order valence-electron chi connectivity index (χ1n) is 14.6. The van der Waals surface area contributed by atoms with Gasteiger partial charge in [-0.1, -0.05) is 5.16 Å². The number of ether oxygens (including phenoxy) is 1. The summed E-state index contributed by atoms with van der Waals surface area (Å²) in [5.74, 6) is -3.88. The number of aromatic nitrogens is 5. The van der Waals surface area contributed by atoms with Crippen LogP contribution in [-0.2, 0) is 9.53 Å². The molecule has 6 rings (SSSR count). The molecule has 11 nitrogen and oxygen atoms in total. The fraction of sp³-hybridized carbons (Fsp3) is 0.643. The number of carbonyl (C=O) groups is 2. The first kappa shape index (κ1) is 30.3. The molecule has 44 heavy (non-hydrogen) atoms. The lowest BCUT2D eigenvalue weighted by Crippen LogP contribution is -2.44. The number of alkyl halides is 5. The lowest BCUT2D eigenvalue weighted by molar-refractivity contribution is -0.265. The van der Waals surface area contributed by atoms with Crippen LogP contribution in [0, 0.1) is 11.8 Å². The Labute approximate surface area is 248 Å². The summed E-state index contributed by atoms with van der Waals surface area (Å²) >= 11 is 0. The van der Waals surface area contributed by atoms with E-state index in [1.54, 1.807) is 12.3 Å². The quantitative estimate of drug-likeness (QED) is 0.274. The molecule has 3 fully saturated rings. The average molecular weight is 626 g/mol. The third kappa shape index (κ3) is 6.54. The molecule has 3 heterocycles. The highest BCUT2D eigenvalue weighted by atomic mass is 19.4. The number of nitrogens with zero attached hydrogens (tertiary/aromatic N) is 5. The van der Waals surface area contributed by atoms with Crippen LogP contribution in [-0.4, -0.2) is 61.0 Å². The summed E-state index contributed by atoms with van der Waals surface area (Å²) < 4.78 is 78.5. The highest BCUT2D eigenvalue weighted by Crippen LogP contribution is 2.45. The second-order valence-corrected chi connectivity index (χ2v) is 12.6. The van der Waals surface area contributed by atoms with Gasteiger partial charge in [0, 0.05) is 25.2 Å². The van der Waals surface area contributed by atoms with Gasteiger partial charge in [0.05, 0.1) is 36.8 Å². The van der Waals surface area contributed by atoms with Crippen molar-refractivity contribution < 1.29 is 40.9 Å². The summed E-state index contributed by atoms with van der Waals surface area (Å²) in [5, 5.41) is 17.5. The van der Waals surface area contributed by atoms with Crippen molar-refractivity contribution in [2.75, 3.05) is 6.61 Å². The number of fused-ring (bicyclic) bond motifs is 1. The van der Waals surface area contributed by atoms with Gasteiger partial charge in [0.2, 0.25) is 11.8 Å². The third-order valence-corrected chi connectivity index (χ3v) is 8.43. The lowest BCUT2D eigenvalue weighted by Gasteiger charge is -2.34. The first-order valence-corrected chi connectivity index (χ1v) is 14.6. The number of nitrogens with one attached hydrogen (secondary N) is 2. The molecule has 0 spiro atoms. The van der Waals surface area contributed by atoms with E-state index in [-0.39, 0.29) is 54.3 Å². The van der Waals surface area contributed by atoms with Crippen molar-refractivity contribution in [3.63, 3.8) is 0 Å². The van der Waals surface area contributed by atoms with Gasteiger partial charge in [-0.15, -0.1) is 0 Å². The number of amides is 2. The highest BCUT2D eigenvalue weighted by molar-refractivity contribution is 5.93. The number of imidazole rings is 1. The molecule has 2 amide bonds. The van der Waals surface area contributed by atoms with E-state index in [9.17, 15) is 31.5 Å². The molecular weight excluding hydrogens is 593 g/mol. The van der Waals surface area contributed by atoms with Crippen LogP contribution in [0.2, 0.25) is 0 Å². The van der Waals surface area contributed by atoms with Crippen LogP contribution in [0.1, 0.15) is 104 Å². The van der Waals surface area contributed by atoms with Crippen molar-refractivity contribution in [3.8, 4) is 0 Å². The fourth-order valence-corrected chi connectivity index (χ4v) is 5.35. The summed E-state index contributed by atoms with van der Waals surface area (Å²) in [6, 6.07) is 0.175. The molecule has 16 heteroatoms. The molecule has 238 valence electrons. The first-order chi connectivity index (χ1) is 20.7. The number of hydrogen-bond acceptors (Lipinski definition) is 8. The topological polar surface area (TPSA) is 137 Å². The van der Waals surface area contributed by atoms with Gasteiger partial charge in [0.25, 0.3) is 5.91 Å². The van der Waals surface area contributed by atoms with E-state index in [0.29, 0.717) is 16.9 Å². The Morgan fingerprint density at radius 2 is 1.86 bits per heavy atom. The molecule has 2 atom stereocenters. The number of rotatable bonds is 12. The van der Waals surface area contributed by atoms with Crippen molar-refractivity contribution in [2.45, 2.75) is 94.5 Å². The Bertz CT molecular complexity index is 1540. The monoisotopic (exact) mass is 625 g/mol. The zero-order valence-corrected chi connectivity index (χ0v) is 24.0. The van der Waals surface area contributed by atoms with Crippen LogP contribution in [0.5, 0.6) is 0 Å². The number of hydrogen-bond donors (Lipinski definition) is 2. The Balaban J connectivity index is 1.22. The largest absolute Gasteiger partial charge is 0.416 e. The molecule has 3 aromatic heterocycles. The van der Waals surface area contributed by atoms with Gasteiger partial charge >= 0.3 is 6.18 Å². The van der Waals surface area contributed by atoms with Crippen molar-refractivity contribution in [2.24, 2.45) is 11.8 Å². The minimum atomic E-state index is -4.67. The van der Waals surface area contributed by atoms with E-state index in [0.717, 1.165) is 39.5 Å². The summed E-state index contributed by atoms with van der Waals surface area (Å²) in [6.07, 6.45) is 1.16. The van der Waals surface area contributed by atoms with Crippen molar-refractivity contribution in [1.82, 2.24) is 35.5 Å². The minimum Gasteiger partial charge on any atom is -0.364 e. The molecule has 0 unspecified atom stereocenters. The van der Waals surface area contributed by atoms with E-state index >= 15 is 0 Å². The number of halogens is 5.